The maximum absolute atomic E-state index is 13.8. The zero-order valence-electron chi connectivity index (χ0n) is 20.0. The molecule has 3 N–H and O–H groups in total. The number of thiophene rings is 1. The number of amides is 1. The van der Waals surface area contributed by atoms with Crippen LogP contribution in [-0.2, 0) is 4.74 Å². The van der Waals surface area contributed by atoms with Gasteiger partial charge >= 0.3 is 5.97 Å². The number of halogens is 1. The molecule has 1 aliphatic carbocycles. The molecule has 0 spiro atoms. The Hall–Kier alpha value is -2.53. The van der Waals surface area contributed by atoms with Crippen LogP contribution in [0.1, 0.15) is 71.4 Å². The third-order valence-electron chi connectivity index (χ3n) is 5.77. The second-order valence-corrected chi connectivity index (χ2v) is 11.2. The molecule has 8 heteroatoms. The van der Waals surface area contributed by atoms with Crippen molar-refractivity contribution in [1.29, 1.82) is 0 Å². The summed E-state index contributed by atoms with van der Waals surface area (Å²) in [5, 5.41) is 10.4. The molecule has 0 aliphatic heterocycles. The highest BCUT2D eigenvalue weighted by Gasteiger charge is 2.34. The van der Waals surface area contributed by atoms with Crippen molar-refractivity contribution in [3.8, 4) is 11.8 Å². The number of carbonyl (C=O) groups is 2. The summed E-state index contributed by atoms with van der Waals surface area (Å²) in [5.74, 6) is 5.24. The van der Waals surface area contributed by atoms with E-state index in [2.05, 4.69) is 11.8 Å². The van der Waals surface area contributed by atoms with Crippen molar-refractivity contribution >= 4 is 46.2 Å². The number of carbonyl (C=O) groups excluding carboxylic acids is 1. The van der Waals surface area contributed by atoms with E-state index in [0.29, 0.717) is 33.7 Å². The van der Waals surface area contributed by atoms with E-state index in [1.807, 2.05) is 20.8 Å². The first-order valence-electron chi connectivity index (χ1n) is 11.3. The van der Waals surface area contributed by atoms with Crippen LogP contribution in [0.5, 0.6) is 0 Å². The molecular weight excluding hydrogens is 472 g/mol. The molecule has 2 aromatic rings. The molecule has 3 rings (SSSR count). The van der Waals surface area contributed by atoms with Crippen molar-refractivity contribution in [3.63, 3.8) is 0 Å². The maximum atomic E-state index is 13.8. The molecule has 1 amide bonds. The Balaban J connectivity index is 2.08. The third-order valence-corrected chi connectivity index (χ3v) is 7.04. The Bertz CT molecular complexity index is 1120. The van der Waals surface area contributed by atoms with Gasteiger partial charge in [-0.05, 0) is 76.6 Å². The Labute approximate surface area is 210 Å². The molecule has 1 saturated carbocycles. The Kier molecular flexibility index (Phi) is 8.29. The number of benzene rings is 1. The van der Waals surface area contributed by atoms with E-state index in [-0.39, 0.29) is 27.9 Å². The highest BCUT2D eigenvalue weighted by atomic mass is 35.5. The van der Waals surface area contributed by atoms with E-state index < -0.39 is 5.97 Å². The van der Waals surface area contributed by atoms with Gasteiger partial charge in [-0.1, -0.05) is 23.4 Å². The molecule has 182 valence electrons. The second kappa shape index (κ2) is 10.8. The third kappa shape index (κ3) is 6.32. The highest BCUT2D eigenvalue weighted by molar-refractivity contribution is 7.15. The van der Waals surface area contributed by atoms with E-state index in [1.165, 1.54) is 6.07 Å². The standard InChI is InChI=1S/C26H31ClN2O4S/c1-26(2,3)12-11-19-14-22(23(34-19)25(31)32)29(18-8-5-16(6-9-18)15-33-4)24(30)20-10-7-17(27)13-21(20)28/h7,10,13-14,16,18H,5-6,8-9,15,28H2,1-4H3,(H,31,32)/t16-,18-. The molecule has 6 nitrogen and oxygen atoms in total. The van der Waals surface area contributed by atoms with E-state index >= 15 is 0 Å². The van der Waals surface area contributed by atoms with Gasteiger partial charge in [0.25, 0.3) is 5.91 Å². The monoisotopic (exact) mass is 502 g/mol. The van der Waals surface area contributed by atoms with Gasteiger partial charge < -0.3 is 20.5 Å². The van der Waals surface area contributed by atoms with Crippen molar-refractivity contribution in [3.05, 3.63) is 44.6 Å². The first-order valence-corrected chi connectivity index (χ1v) is 12.5. The molecule has 0 atom stereocenters. The first-order chi connectivity index (χ1) is 16.0. The number of methoxy groups -OCH3 is 1. The normalized spacial score (nSPS) is 18.1. The van der Waals surface area contributed by atoms with Crippen molar-refractivity contribution in [2.45, 2.75) is 52.5 Å². The zero-order valence-corrected chi connectivity index (χ0v) is 21.6. The minimum atomic E-state index is -1.08. The molecular formula is C26H31ClN2O4S. The number of nitrogen functional groups attached to an aromatic ring is 1. The van der Waals surface area contributed by atoms with Gasteiger partial charge in [-0.25, -0.2) is 4.79 Å². The summed E-state index contributed by atoms with van der Waals surface area (Å²) in [5.41, 5.74) is 6.83. The summed E-state index contributed by atoms with van der Waals surface area (Å²) < 4.78 is 5.31. The number of hydrogen-bond acceptors (Lipinski definition) is 5. The molecule has 1 aromatic heterocycles. The van der Waals surface area contributed by atoms with Gasteiger partial charge in [0, 0.05) is 35.9 Å². The number of hydrogen-bond donors (Lipinski definition) is 2. The Morgan fingerprint density at radius 2 is 1.91 bits per heavy atom. The van der Waals surface area contributed by atoms with Gasteiger partial charge in [0.2, 0.25) is 0 Å². The Morgan fingerprint density at radius 3 is 2.47 bits per heavy atom. The van der Waals surface area contributed by atoms with E-state index in [4.69, 9.17) is 22.1 Å². The van der Waals surface area contributed by atoms with Crippen LogP contribution in [0.25, 0.3) is 0 Å². The largest absolute Gasteiger partial charge is 0.477 e. The first kappa shape index (κ1) is 26.1. The van der Waals surface area contributed by atoms with Gasteiger partial charge in [-0.2, -0.15) is 0 Å². The van der Waals surface area contributed by atoms with Crippen LogP contribution < -0.4 is 10.6 Å². The van der Waals surface area contributed by atoms with E-state index in [9.17, 15) is 14.7 Å². The summed E-state index contributed by atoms with van der Waals surface area (Å²) in [6.45, 7) is 6.65. The summed E-state index contributed by atoms with van der Waals surface area (Å²) in [7, 11) is 1.69. The Morgan fingerprint density at radius 1 is 1.24 bits per heavy atom. The summed E-state index contributed by atoms with van der Waals surface area (Å²) in [6, 6.07) is 6.31. The van der Waals surface area contributed by atoms with Crippen molar-refractivity contribution in [1.82, 2.24) is 0 Å². The molecule has 0 bridgehead atoms. The second-order valence-electron chi connectivity index (χ2n) is 9.67. The average molecular weight is 503 g/mol. The highest BCUT2D eigenvalue weighted by Crippen LogP contribution is 2.38. The van der Waals surface area contributed by atoms with Crippen LogP contribution in [0, 0.1) is 23.2 Å². The van der Waals surface area contributed by atoms with Crippen LogP contribution in [0.4, 0.5) is 11.4 Å². The molecule has 1 aliphatic rings. The summed E-state index contributed by atoms with van der Waals surface area (Å²) >= 11 is 7.14. The minimum absolute atomic E-state index is 0.0955. The predicted molar refractivity (Wildman–Crippen MR) is 138 cm³/mol. The van der Waals surface area contributed by atoms with Crippen LogP contribution in [0.2, 0.25) is 5.02 Å². The smallest absolute Gasteiger partial charge is 0.348 e. The number of aromatic carboxylic acids is 1. The lowest BCUT2D eigenvalue weighted by molar-refractivity contribution is 0.0702. The van der Waals surface area contributed by atoms with Gasteiger partial charge in [0.05, 0.1) is 16.1 Å². The topological polar surface area (TPSA) is 92.9 Å². The van der Waals surface area contributed by atoms with Gasteiger partial charge in [0.1, 0.15) is 4.88 Å². The number of carboxylic acid groups (broad SMARTS) is 1. The molecule has 1 aromatic carbocycles. The van der Waals surface area contributed by atoms with Crippen LogP contribution in [0.15, 0.2) is 24.3 Å². The van der Waals surface area contributed by atoms with E-state index in [1.54, 1.807) is 30.2 Å². The lowest BCUT2D eigenvalue weighted by Gasteiger charge is -2.37. The number of carboxylic acids is 1. The zero-order chi connectivity index (χ0) is 25.0. The van der Waals surface area contributed by atoms with Gasteiger partial charge in [0.15, 0.2) is 0 Å². The average Bonchev–Trinajstić information content (AvgIpc) is 3.17. The van der Waals surface area contributed by atoms with Crippen LogP contribution >= 0.6 is 22.9 Å². The molecule has 0 radical (unpaired) electrons. The number of anilines is 2. The molecule has 34 heavy (non-hydrogen) atoms. The lowest BCUT2D eigenvalue weighted by Crippen LogP contribution is -2.43. The van der Waals surface area contributed by atoms with Gasteiger partial charge in [-0.15, -0.1) is 11.3 Å². The predicted octanol–water partition coefficient (Wildman–Crippen LogP) is 5.93. The molecule has 1 fully saturated rings. The van der Waals surface area contributed by atoms with Crippen LogP contribution in [0.3, 0.4) is 0 Å². The maximum Gasteiger partial charge on any atom is 0.348 e. The number of rotatable bonds is 6. The summed E-state index contributed by atoms with van der Waals surface area (Å²) in [6.07, 6.45) is 3.26. The van der Waals surface area contributed by atoms with E-state index in [0.717, 1.165) is 37.0 Å². The quantitative estimate of drug-likeness (QED) is 0.377. The minimum Gasteiger partial charge on any atom is -0.477 e. The molecule has 1 heterocycles. The fraction of sp³-hybridized carbons (Fsp3) is 0.462. The molecule has 0 unspecified atom stereocenters. The number of nitrogens with two attached hydrogens (primary N) is 1. The van der Waals surface area contributed by atoms with Crippen molar-refractivity contribution < 1.29 is 19.4 Å². The molecule has 0 saturated heterocycles. The van der Waals surface area contributed by atoms with Gasteiger partial charge in [-0.3, -0.25) is 4.79 Å². The number of nitrogens with zero attached hydrogens (tertiary/aromatic N) is 1. The fourth-order valence-electron chi connectivity index (χ4n) is 4.16. The van der Waals surface area contributed by atoms with Crippen LogP contribution in [-0.4, -0.2) is 36.7 Å². The van der Waals surface area contributed by atoms with Crippen molar-refractivity contribution in [2.24, 2.45) is 11.3 Å². The SMILES string of the molecule is COC[C@H]1CC[C@H](N(C(=O)c2ccc(Cl)cc2N)c2cc(C#CC(C)(C)C)sc2C(=O)O)CC1. The number of ether oxygens (including phenoxy) is 1. The van der Waals surface area contributed by atoms with Crippen molar-refractivity contribution in [2.75, 3.05) is 24.4 Å². The fourth-order valence-corrected chi connectivity index (χ4v) is 5.18. The summed E-state index contributed by atoms with van der Waals surface area (Å²) in [4.78, 5) is 28.4. The lowest BCUT2D eigenvalue weighted by atomic mass is 9.85.